The van der Waals surface area contributed by atoms with Crippen LogP contribution in [-0.4, -0.2) is 37.0 Å². The summed E-state index contributed by atoms with van der Waals surface area (Å²) in [6.07, 6.45) is 8.00. The van der Waals surface area contributed by atoms with Gasteiger partial charge in [-0.1, -0.05) is 19.3 Å². The molecule has 0 radical (unpaired) electrons. The molecule has 1 fully saturated rings. The SMILES string of the molecule is O=C(O)N(c1cnc(-n2cccn2)[nH]c1=O)C1CCCCC1. The highest BCUT2D eigenvalue weighted by atomic mass is 16.4. The van der Waals surface area contributed by atoms with Gasteiger partial charge in [-0.2, -0.15) is 5.10 Å². The summed E-state index contributed by atoms with van der Waals surface area (Å²) in [5.41, 5.74) is -0.413. The molecule has 1 aliphatic carbocycles. The molecule has 0 aliphatic heterocycles. The van der Waals surface area contributed by atoms with Crippen LogP contribution in [0.3, 0.4) is 0 Å². The Balaban J connectivity index is 1.94. The van der Waals surface area contributed by atoms with E-state index >= 15 is 0 Å². The minimum absolute atomic E-state index is 0.0651. The molecule has 2 heterocycles. The van der Waals surface area contributed by atoms with Crippen LogP contribution in [0.1, 0.15) is 32.1 Å². The lowest BCUT2D eigenvalue weighted by atomic mass is 9.94. The zero-order chi connectivity index (χ0) is 15.5. The van der Waals surface area contributed by atoms with E-state index in [9.17, 15) is 14.7 Å². The average molecular weight is 303 g/mol. The highest BCUT2D eigenvalue weighted by Gasteiger charge is 2.28. The molecule has 0 unspecified atom stereocenters. The van der Waals surface area contributed by atoms with E-state index in [1.807, 2.05) is 0 Å². The van der Waals surface area contributed by atoms with Gasteiger partial charge in [0.2, 0.25) is 5.95 Å². The topological polar surface area (TPSA) is 104 Å². The van der Waals surface area contributed by atoms with Crippen molar-refractivity contribution in [2.75, 3.05) is 4.90 Å². The van der Waals surface area contributed by atoms with E-state index in [-0.39, 0.29) is 17.7 Å². The Morgan fingerprint density at radius 2 is 2.14 bits per heavy atom. The van der Waals surface area contributed by atoms with E-state index < -0.39 is 11.7 Å². The molecule has 8 nitrogen and oxygen atoms in total. The minimum Gasteiger partial charge on any atom is -0.465 e. The number of H-pyrrole nitrogens is 1. The maximum absolute atomic E-state index is 12.3. The molecule has 0 bridgehead atoms. The van der Waals surface area contributed by atoms with Crippen LogP contribution in [0.15, 0.2) is 29.5 Å². The molecule has 2 N–H and O–H groups in total. The summed E-state index contributed by atoms with van der Waals surface area (Å²) in [4.78, 5) is 31.7. The van der Waals surface area contributed by atoms with Crippen molar-refractivity contribution in [2.24, 2.45) is 0 Å². The molecular formula is C14H17N5O3. The number of rotatable bonds is 3. The van der Waals surface area contributed by atoms with Gasteiger partial charge in [0.15, 0.2) is 0 Å². The van der Waals surface area contributed by atoms with Crippen LogP contribution in [0.4, 0.5) is 10.5 Å². The highest BCUT2D eigenvalue weighted by molar-refractivity contribution is 5.86. The Morgan fingerprint density at radius 3 is 2.73 bits per heavy atom. The number of hydrogen-bond donors (Lipinski definition) is 2. The fraction of sp³-hybridized carbons (Fsp3) is 0.429. The van der Waals surface area contributed by atoms with Gasteiger partial charge in [0.05, 0.1) is 6.20 Å². The molecule has 0 atom stereocenters. The van der Waals surface area contributed by atoms with Gasteiger partial charge < -0.3 is 5.11 Å². The number of carbonyl (C=O) groups is 1. The van der Waals surface area contributed by atoms with Crippen molar-refractivity contribution in [3.63, 3.8) is 0 Å². The van der Waals surface area contributed by atoms with E-state index in [1.165, 1.54) is 10.9 Å². The molecule has 22 heavy (non-hydrogen) atoms. The fourth-order valence-electron chi connectivity index (χ4n) is 2.86. The second-order valence-electron chi connectivity index (χ2n) is 5.32. The van der Waals surface area contributed by atoms with E-state index in [2.05, 4.69) is 15.1 Å². The molecule has 3 rings (SSSR count). The first-order valence-corrected chi connectivity index (χ1v) is 7.28. The van der Waals surface area contributed by atoms with Crippen LogP contribution >= 0.6 is 0 Å². The van der Waals surface area contributed by atoms with Crippen molar-refractivity contribution in [1.82, 2.24) is 19.7 Å². The van der Waals surface area contributed by atoms with Crippen LogP contribution in [-0.2, 0) is 0 Å². The number of amides is 1. The summed E-state index contributed by atoms with van der Waals surface area (Å²) < 4.78 is 1.41. The molecule has 1 aliphatic rings. The number of aromatic amines is 1. The van der Waals surface area contributed by atoms with Gasteiger partial charge in [-0.3, -0.25) is 14.7 Å². The zero-order valence-electron chi connectivity index (χ0n) is 12.0. The normalized spacial score (nSPS) is 15.6. The first-order chi connectivity index (χ1) is 10.7. The monoisotopic (exact) mass is 303 g/mol. The number of carboxylic acid groups (broad SMARTS) is 1. The third-order valence-electron chi connectivity index (χ3n) is 3.89. The lowest BCUT2D eigenvalue weighted by Gasteiger charge is -2.31. The number of nitrogens with one attached hydrogen (secondary N) is 1. The largest absolute Gasteiger partial charge is 0.465 e. The summed E-state index contributed by atoms with van der Waals surface area (Å²) in [5, 5.41) is 13.5. The number of hydrogen-bond acceptors (Lipinski definition) is 4. The molecule has 8 heteroatoms. The van der Waals surface area contributed by atoms with Gasteiger partial charge in [0, 0.05) is 18.4 Å². The Morgan fingerprint density at radius 1 is 1.36 bits per heavy atom. The van der Waals surface area contributed by atoms with Crippen LogP contribution in [0.25, 0.3) is 5.95 Å². The Kier molecular flexibility index (Phi) is 3.90. The standard InChI is InChI=1S/C14H17N5O3/c20-12-11(9-15-13(17-12)18-8-4-7-16-18)19(14(21)22)10-5-2-1-3-6-10/h4,7-10H,1-3,5-6H2,(H,21,22)(H,15,17,20). The van der Waals surface area contributed by atoms with E-state index in [4.69, 9.17) is 0 Å². The summed E-state index contributed by atoms with van der Waals surface area (Å²) in [5.74, 6) is 0.257. The quantitative estimate of drug-likeness (QED) is 0.899. The highest BCUT2D eigenvalue weighted by Crippen LogP contribution is 2.25. The second kappa shape index (κ2) is 6.00. The lowest BCUT2D eigenvalue weighted by molar-refractivity contribution is 0.196. The number of nitrogens with zero attached hydrogens (tertiary/aromatic N) is 4. The third kappa shape index (κ3) is 2.72. The maximum atomic E-state index is 12.3. The second-order valence-corrected chi connectivity index (χ2v) is 5.32. The van der Waals surface area contributed by atoms with Gasteiger partial charge in [0.1, 0.15) is 5.69 Å². The van der Waals surface area contributed by atoms with Crippen molar-refractivity contribution in [2.45, 2.75) is 38.1 Å². The smallest absolute Gasteiger partial charge is 0.412 e. The molecule has 0 spiro atoms. The third-order valence-corrected chi connectivity index (χ3v) is 3.89. The molecule has 1 saturated carbocycles. The predicted octanol–water partition coefficient (Wildman–Crippen LogP) is 1.77. The lowest BCUT2D eigenvalue weighted by Crippen LogP contribution is -2.43. The van der Waals surface area contributed by atoms with Crippen molar-refractivity contribution >= 4 is 11.8 Å². The van der Waals surface area contributed by atoms with Crippen LogP contribution in [0, 0.1) is 0 Å². The summed E-state index contributed by atoms with van der Waals surface area (Å²) >= 11 is 0. The Bertz CT molecular complexity index is 704. The van der Waals surface area contributed by atoms with Crippen molar-refractivity contribution in [3.05, 3.63) is 35.0 Å². The molecule has 1 amide bonds. The van der Waals surface area contributed by atoms with Gasteiger partial charge >= 0.3 is 6.09 Å². The number of aromatic nitrogens is 4. The zero-order valence-corrected chi connectivity index (χ0v) is 12.0. The summed E-state index contributed by atoms with van der Waals surface area (Å²) in [6, 6.07) is 1.55. The minimum atomic E-state index is -1.12. The Hall–Kier alpha value is -2.64. The van der Waals surface area contributed by atoms with Gasteiger partial charge in [-0.25, -0.2) is 14.5 Å². The molecule has 0 aromatic carbocycles. The molecule has 2 aromatic rings. The molecular weight excluding hydrogens is 286 g/mol. The first-order valence-electron chi connectivity index (χ1n) is 7.28. The summed E-state index contributed by atoms with van der Waals surface area (Å²) in [7, 11) is 0. The van der Waals surface area contributed by atoms with E-state index in [0.717, 1.165) is 37.0 Å². The number of anilines is 1. The van der Waals surface area contributed by atoms with Crippen LogP contribution in [0.5, 0.6) is 0 Å². The maximum Gasteiger partial charge on any atom is 0.412 e. The average Bonchev–Trinajstić information content (AvgIpc) is 3.04. The van der Waals surface area contributed by atoms with Gasteiger partial charge in [-0.15, -0.1) is 0 Å². The Labute approximate surface area is 126 Å². The van der Waals surface area contributed by atoms with E-state index in [0.29, 0.717) is 0 Å². The molecule has 0 saturated heterocycles. The van der Waals surface area contributed by atoms with Crippen molar-refractivity contribution in [1.29, 1.82) is 0 Å². The van der Waals surface area contributed by atoms with Crippen molar-refractivity contribution < 1.29 is 9.90 Å². The molecule has 2 aromatic heterocycles. The van der Waals surface area contributed by atoms with E-state index in [1.54, 1.807) is 18.5 Å². The molecule has 116 valence electrons. The predicted molar refractivity (Wildman–Crippen MR) is 79.4 cm³/mol. The summed E-state index contributed by atoms with van der Waals surface area (Å²) in [6.45, 7) is 0. The fourth-order valence-corrected chi connectivity index (χ4v) is 2.86. The first kappa shape index (κ1) is 14.3. The van der Waals surface area contributed by atoms with Crippen LogP contribution in [0.2, 0.25) is 0 Å². The van der Waals surface area contributed by atoms with Crippen molar-refractivity contribution in [3.8, 4) is 5.95 Å². The van der Waals surface area contributed by atoms with Crippen LogP contribution < -0.4 is 10.5 Å². The van der Waals surface area contributed by atoms with Gasteiger partial charge in [0.25, 0.3) is 5.56 Å². The van der Waals surface area contributed by atoms with Gasteiger partial charge in [-0.05, 0) is 18.9 Å².